The van der Waals surface area contributed by atoms with E-state index in [-0.39, 0.29) is 25.0 Å². The molecule has 0 spiro atoms. The van der Waals surface area contributed by atoms with Crippen LogP contribution in [0.15, 0.2) is 0 Å². The van der Waals surface area contributed by atoms with Gasteiger partial charge in [0.05, 0.1) is 18.7 Å². The number of aliphatic hydroxyl groups is 1. The summed E-state index contributed by atoms with van der Waals surface area (Å²) < 4.78 is 0. The maximum atomic E-state index is 11.1. The highest BCUT2D eigenvalue weighted by atomic mass is 16.3. The lowest BCUT2D eigenvalue weighted by Crippen LogP contribution is -2.49. The minimum Gasteiger partial charge on any atom is -0.394 e. The lowest BCUT2D eigenvalue weighted by atomic mass is 10.1. The molecule has 2 amide bonds. The SMILES string of the molecule is CC(=O)NCC(=O)NC(C)(C)CO. The van der Waals surface area contributed by atoms with Crippen LogP contribution >= 0.6 is 0 Å². The predicted octanol–water partition coefficient (Wildman–Crippen LogP) is -0.990. The third-order valence-electron chi connectivity index (χ3n) is 1.37. The van der Waals surface area contributed by atoms with E-state index in [9.17, 15) is 9.59 Å². The highest BCUT2D eigenvalue weighted by Gasteiger charge is 2.18. The van der Waals surface area contributed by atoms with E-state index in [0.29, 0.717) is 0 Å². The molecule has 0 rings (SSSR count). The van der Waals surface area contributed by atoms with Gasteiger partial charge in [0.25, 0.3) is 0 Å². The van der Waals surface area contributed by atoms with Gasteiger partial charge in [-0.1, -0.05) is 0 Å². The number of carbonyl (C=O) groups is 2. The monoisotopic (exact) mass is 188 g/mol. The second-order valence-corrected chi connectivity index (χ2v) is 3.50. The number of aliphatic hydroxyl groups excluding tert-OH is 1. The molecule has 0 aromatic carbocycles. The smallest absolute Gasteiger partial charge is 0.239 e. The van der Waals surface area contributed by atoms with Gasteiger partial charge in [-0.3, -0.25) is 9.59 Å². The minimum absolute atomic E-state index is 0.0568. The lowest BCUT2D eigenvalue weighted by molar-refractivity contribution is -0.126. The largest absolute Gasteiger partial charge is 0.394 e. The first-order chi connectivity index (χ1) is 5.87. The maximum Gasteiger partial charge on any atom is 0.239 e. The van der Waals surface area contributed by atoms with Gasteiger partial charge in [0.2, 0.25) is 11.8 Å². The van der Waals surface area contributed by atoms with Gasteiger partial charge in [-0.15, -0.1) is 0 Å². The van der Waals surface area contributed by atoms with Gasteiger partial charge in [-0.05, 0) is 13.8 Å². The van der Waals surface area contributed by atoms with Crippen molar-refractivity contribution >= 4 is 11.8 Å². The summed E-state index contributed by atoms with van der Waals surface area (Å²) in [6, 6.07) is 0. The molecule has 0 saturated carbocycles. The second kappa shape index (κ2) is 4.81. The molecule has 5 heteroatoms. The Bertz CT molecular complexity index is 202. The van der Waals surface area contributed by atoms with Crippen molar-refractivity contribution in [2.45, 2.75) is 26.3 Å². The Morgan fingerprint density at radius 2 is 1.92 bits per heavy atom. The molecule has 76 valence electrons. The molecule has 0 saturated heterocycles. The van der Waals surface area contributed by atoms with Crippen LogP contribution in [0.2, 0.25) is 0 Å². The fourth-order valence-electron chi connectivity index (χ4n) is 0.666. The second-order valence-electron chi connectivity index (χ2n) is 3.50. The maximum absolute atomic E-state index is 11.1. The molecule has 0 heterocycles. The molecule has 5 nitrogen and oxygen atoms in total. The van der Waals surface area contributed by atoms with Crippen LogP contribution < -0.4 is 10.6 Å². The molecule has 0 aromatic rings. The van der Waals surface area contributed by atoms with Gasteiger partial charge in [-0.25, -0.2) is 0 Å². The highest BCUT2D eigenvalue weighted by Crippen LogP contribution is 1.98. The van der Waals surface area contributed by atoms with Gasteiger partial charge in [0.1, 0.15) is 0 Å². The number of rotatable bonds is 4. The van der Waals surface area contributed by atoms with Crippen molar-refractivity contribution in [3.05, 3.63) is 0 Å². The third kappa shape index (κ3) is 6.10. The van der Waals surface area contributed by atoms with Crippen LogP contribution in [0.3, 0.4) is 0 Å². The number of hydrogen-bond acceptors (Lipinski definition) is 3. The van der Waals surface area contributed by atoms with E-state index in [0.717, 1.165) is 0 Å². The van der Waals surface area contributed by atoms with Crippen LogP contribution in [0.1, 0.15) is 20.8 Å². The molecule has 0 atom stereocenters. The summed E-state index contributed by atoms with van der Waals surface area (Å²) >= 11 is 0. The van der Waals surface area contributed by atoms with Gasteiger partial charge in [0.15, 0.2) is 0 Å². The third-order valence-corrected chi connectivity index (χ3v) is 1.37. The van der Waals surface area contributed by atoms with E-state index < -0.39 is 5.54 Å². The summed E-state index contributed by atoms with van der Waals surface area (Å²) in [6.07, 6.45) is 0. The molecular weight excluding hydrogens is 172 g/mol. The molecule has 0 aromatic heterocycles. The first-order valence-corrected chi connectivity index (χ1v) is 4.04. The van der Waals surface area contributed by atoms with Gasteiger partial charge >= 0.3 is 0 Å². The lowest BCUT2D eigenvalue weighted by Gasteiger charge is -2.23. The molecule has 0 bridgehead atoms. The summed E-state index contributed by atoms with van der Waals surface area (Å²) in [5, 5.41) is 13.7. The highest BCUT2D eigenvalue weighted by molar-refractivity contribution is 5.83. The van der Waals surface area contributed by atoms with Crippen molar-refractivity contribution in [1.29, 1.82) is 0 Å². The van der Waals surface area contributed by atoms with E-state index in [1.807, 2.05) is 0 Å². The molecule has 0 fully saturated rings. The quantitative estimate of drug-likeness (QED) is 0.530. The van der Waals surface area contributed by atoms with Crippen LogP contribution in [0.5, 0.6) is 0 Å². The van der Waals surface area contributed by atoms with E-state index in [1.54, 1.807) is 13.8 Å². The number of amides is 2. The predicted molar refractivity (Wildman–Crippen MR) is 48.0 cm³/mol. The van der Waals surface area contributed by atoms with Crippen LogP contribution in [-0.4, -0.2) is 35.6 Å². The number of hydrogen-bond donors (Lipinski definition) is 3. The molecule has 3 N–H and O–H groups in total. The standard InChI is InChI=1S/C8H16N2O3/c1-6(12)9-4-7(13)10-8(2,3)5-11/h11H,4-5H2,1-3H3,(H,9,12)(H,10,13). The van der Waals surface area contributed by atoms with Crippen molar-refractivity contribution in [1.82, 2.24) is 10.6 Å². The van der Waals surface area contributed by atoms with E-state index in [2.05, 4.69) is 10.6 Å². The molecule has 0 radical (unpaired) electrons. The molecule has 0 aliphatic carbocycles. The zero-order valence-corrected chi connectivity index (χ0v) is 8.18. The Kier molecular flexibility index (Phi) is 4.40. The van der Waals surface area contributed by atoms with Crippen LogP contribution in [0.25, 0.3) is 0 Å². The van der Waals surface area contributed by atoms with Gasteiger partial charge in [0, 0.05) is 6.92 Å². The van der Waals surface area contributed by atoms with E-state index >= 15 is 0 Å². The Morgan fingerprint density at radius 1 is 1.38 bits per heavy atom. The normalized spacial score (nSPS) is 10.8. The molecule has 0 aliphatic heterocycles. The first kappa shape index (κ1) is 11.9. The van der Waals surface area contributed by atoms with Crippen molar-refractivity contribution < 1.29 is 14.7 Å². The zero-order chi connectivity index (χ0) is 10.5. The van der Waals surface area contributed by atoms with Gasteiger partial charge in [-0.2, -0.15) is 0 Å². The fraction of sp³-hybridized carbons (Fsp3) is 0.750. The summed E-state index contributed by atoms with van der Waals surface area (Å²) in [5.41, 5.74) is -0.643. The van der Waals surface area contributed by atoms with Crippen molar-refractivity contribution in [2.75, 3.05) is 13.2 Å². The summed E-state index contributed by atoms with van der Waals surface area (Å²) in [4.78, 5) is 21.5. The minimum atomic E-state index is -0.643. The van der Waals surface area contributed by atoms with E-state index in [4.69, 9.17) is 5.11 Å². The zero-order valence-electron chi connectivity index (χ0n) is 8.18. The Labute approximate surface area is 77.5 Å². The Balaban J connectivity index is 3.81. The Hall–Kier alpha value is -1.10. The fourth-order valence-corrected chi connectivity index (χ4v) is 0.666. The molecule has 0 unspecified atom stereocenters. The summed E-state index contributed by atoms with van der Waals surface area (Å²) in [7, 11) is 0. The van der Waals surface area contributed by atoms with Crippen molar-refractivity contribution in [3.63, 3.8) is 0 Å². The van der Waals surface area contributed by atoms with Crippen LogP contribution in [0, 0.1) is 0 Å². The Morgan fingerprint density at radius 3 is 2.31 bits per heavy atom. The van der Waals surface area contributed by atoms with E-state index in [1.165, 1.54) is 6.92 Å². The molecule has 0 aliphatic rings. The molecular formula is C8H16N2O3. The number of nitrogens with one attached hydrogen (secondary N) is 2. The average Bonchev–Trinajstić information content (AvgIpc) is 2.00. The average molecular weight is 188 g/mol. The topological polar surface area (TPSA) is 78.4 Å². The van der Waals surface area contributed by atoms with Crippen molar-refractivity contribution in [3.8, 4) is 0 Å². The summed E-state index contributed by atoms with van der Waals surface area (Å²) in [6.45, 7) is 4.53. The first-order valence-electron chi connectivity index (χ1n) is 4.04. The molecule has 13 heavy (non-hydrogen) atoms. The number of carbonyl (C=O) groups excluding carboxylic acids is 2. The van der Waals surface area contributed by atoms with Crippen LogP contribution in [-0.2, 0) is 9.59 Å². The van der Waals surface area contributed by atoms with Crippen molar-refractivity contribution in [2.24, 2.45) is 0 Å². The summed E-state index contributed by atoms with van der Waals surface area (Å²) in [5.74, 6) is -0.564. The van der Waals surface area contributed by atoms with Gasteiger partial charge < -0.3 is 15.7 Å². The van der Waals surface area contributed by atoms with Crippen LogP contribution in [0.4, 0.5) is 0 Å².